The fraction of sp³-hybridized carbons (Fsp3) is 0.286. The van der Waals surface area contributed by atoms with Crippen LogP contribution in [0.1, 0.15) is 49.3 Å². The van der Waals surface area contributed by atoms with E-state index in [0.29, 0.717) is 41.5 Å². The van der Waals surface area contributed by atoms with Gasteiger partial charge >= 0.3 is 0 Å². The molecule has 0 unspecified atom stereocenters. The number of allylic oxidation sites excluding steroid dienone is 2. The minimum absolute atomic E-state index is 0.1000. The first-order chi connectivity index (χ1) is 16.8. The number of nitrogens with zero attached hydrogens (tertiary/aromatic N) is 4. The van der Waals surface area contributed by atoms with E-state index in [-0.39, 0.29) is 17.1 Å². The Bertz CT molecular complexity index is 1500. The Labute approximate surface area is 203 Å². The van der Waals surface area contributed by atoms with Gasteiger partial charge in [-0.3, -0.25) is 4.79 Å². The molecule has 7 nitrogen and oxygen atoms in total. The summed E-state index contributed by atoms with van der Waals surface area (Å²) in [6.07, 6.45) is 2.77. The molecule has 176 valence electrons. The highest BCUT2D eigenvalue weighted by Crippen LogP contribution is 2.50. The third-order valence-corrected chi connectivity index (χ3v) is 6.82. The molecule has 4 aromatic rings. The number of aryl methyl sites for hydroxylation is 1. The van der Waals surface area contributed by atoms with Crippen LogP contribution in [-0.2, 0) is 4.79 Å². The maximum absolute atomic E-state index is 13.5. The van der Waals surface area contributed by atoms with Crippen LogP contribution < -0.4 is 9.47 Å². The van der Waals surface area contributed by atoms with Gasteiger partial charge in [-0.1, -0.05) is 55.8 Å². The van der Waals surface area contributed by atoms with Crippen LogP contribution in [0.15, 0.2) is 66.2 Å². The Hall–Kier alpha value is -4.00. The summed E-state index contributed by atoms with van der Waals surface area (Å²) in [5.41, 5.74) is 4.97. The summed E-state index contributed by atoms with van der Waals surface area (Å²) in [6.45, 7) is 6.24. The van der Waals surface area contributed by atoms with Gasteiger partial charge in [0.15, 0.2) is 17.3 Å². The lowest BCUT2D eigenvalue weighted by Gasteiger charge is -2.37. The van der Waals surface area contributed by atoms with E-state index >= 15 is 0 Å². The molecule has 0 amide bonds. The van der Waals surface area contributed by atoms with Gasteiger partial charge in [-0.2, -0.15) is 0 Å². The van der Waals surface area contributed by atoms with Crippen molar-refractivity contribution in [1.82, 2.24) is 19.6 Å². The first-order valence-electron chi connectivity index (χ1n) is 11.7. The number of ketones is 1. The molecule has 3 heterocycles. The molecule has 0 bridgehead atoms. The lowest BCUT2D eigenvalue weighted by molar-refractivity contribution is -0.118. The summed E-state index contributed by atoms with van der Waals surface area (Å²) in [6, 6.07) is 15.9. The van der Waals surface area contributed by atoms with E-state index in [9.17, 15) is 4.79 Å². The lowest BCUT2D eigenvalue weighted by atomic mass is 9.70. The molecule has 7 heteroatoms. The lowest BCUT2D eigenvalue weighted by Crippen LogP contribution is -2.33. The Kier molecular flexibility index (Phi) is 4.78. The third kappa shape index (κ3) is 3.58. The summed E-state index contributed by atoms with van der Waals surface area (Å²) in [5, 5.41) is 4.69. The number of hydrogen-bond acceptors (Lipinski definition) is 6. The molecule has 2 aromatic heterocycles. The highest BCUT2D eigenvalue weighted by molar-refractivity contribution is 6.00. The van der Waals surface area contributed by atoms with Crippen LogP contribution in [0.3, 0.4) is 0 Å². The van der Waals surface area contributed by atoms with E-state index in [4.69, 9.17) is 14.5 Å². The largest absolute Gasteiger partial charge is 0.497 e. The average Bonchev–Trinajstić information content (AvgIpc) is 3.27. The van der Waals surface area contributed by atoms with Gasteiger partial charge in [0.1, 0.15) is 17.8 Å². The molecule has 35 heavy (non-hydrogen) atoms. The van der Waals surface area contributed by atoms with Gasteiger partial charge < -0.3 is 9.47 Å². The number of benzene rings is 2. The van der Waals surface area contributed by atoms with Crippen LogP contribution in [0.5, 0.6) is 11.6 Å². The summed E-state index contributed by atoms with van der Waals surface area (Å²) in [4.78, 5) is 23.0. The minimum Gasteiger partial charge on any atom is -0.497 e. The second-order valence-electron chi connectivity index (χ2n) is 10.1. The highest BCUT2D eigenvalue weighted by atomic mass is 16.5. The predicted octanol–water partition coefficient (Wildman–Crippen LogP) is 5.28. The number of ether oxygens (including phenoxy) is 2. The zero-order chi connectivity index (χ0) is 24.3. The molecule has 0 fully saturated rings. The number of aromatic nitrogens is 4. The van der Waals surface area contributed by atoms with Gasteiger partial charge in [-0.25, -0.2) is 14.5 Å². The molecule has 1 aliphatic heterocycles. The first-order valence-corrected chi connectivity index (χ1v) is 11.7. The van der Waals surface area contributed by atoms with Crippen molar-refractivity contribution in [2.24, 2.45) is 5.41 Å². The molecule has 2 aromatic carbocycles. The van der Waals surface area contributed by atoms with Gasteiger partial charge in [0.2, 0.25) is 5.88 Å². The van der Waals surface area contributed by atoms with Crippen LogP contribution >= 0.6 is 0 Å². The Morgan fingerprint density at radius 2 is 1.80 bits per heavy atom. The molecule has 0 radical (unpaired) electrons. The van der Waals surface area contributed by atoms with Crippen LogP contribution in [0.4, 0.5) is 0 Å². The Morgan fingerprint density at radius 1 is 1.06 bits per heavy atom. The third-order valence-electron chi connectivity index (χ3n) is 6.82. The van der Waals surface area contributed by atoms with Gasteiger partial charge in [0, 0.05) is 29.9 Å². The van der Waals surface area contributed by atoms with Crippen molar-refractivity contribution in [3.05, 3.63) is 82.9 Å². The molecular formula is C28H26N4O3. The molecule has 0 N–H and O–H groups in total. The topological polar surface area (TPSA) is 78.6 Å². The fourth-order valence-electron chi connectivity index (χ4n) is 5.10. The SMILES string of the molecule is COc1ccc([C@H]2C3=C(CC(C)(C)CC3=O)Oc3ncn4nc(-c5ccc(C)cc5)nc4c32)cc1. The van der Waals surface area contributed by atoms with Crippen molar-refractivity contribution < 1.29 is 14.3 Å². The van der Waals surface area contributed by atoms with Crippen molar-refractivity contribution >= 4 is 11.4 Å². The molecule has 0 saturated carbocycles. The van der Waals surface area contributed by atoms with E-state index in [2.05, 4.69) is 23.9 Å². The predicted molar refractivity (Wildman–Crippen MR) is 131 cm³/mol. The Balaban J connectivity index is 1.58. The number of carbonyl (C=O) groups is 1. The smallest absolute Gasteiger partial charge is 0.228 e. The minimum atomic E-state index is -0.352. The second kappa shape index (κ2) is 7.77. The molecule has 0 spiro atoms. The van der Waals surface area contributed by atoms with Gasteiger partial charge in [-0.05, 0) is 30.0 Å². The molecular weight excluding hydrogens is 440 g/mol. The van der Waals surface area contributed by atoms with Crippen molar-refractivity contribution in [2.45, 2.75) is 39.5 Å². The quantitative estimate of drug-likeness (QED) is 0.409. The summed E-state index contributed by atoms with van der Waals surface area (Å²) >= 11 is 0. The molecule has 0 saturated heterocycles. The van der Waals surface area contributed by atoms with E-state index in [0.717, 1.165) is 22.4 Å². The van der Waals surface area contributed by atoms with Gasteiger partial charge in [0.05, 0.1) is 12.7 Å². The zero-order valence-electron chi connectivity index (χ0n) is 20.2. The molecule has 1 aliphatic carbocycles. The van der Waals surface area contributed by atoms with Gasteiger partial charge in [0.25, 0.3) is 0 Å². The van der Waals surface area contributed by atoms with E-state index in [1.165, 1.54) is 5.56 Å². The summed E-state index contributed by atoms with van der Waals surface area (Å²) in [5.74, 6) is 2.29. The maximum Gasteiger partial charge on any atom is 0.228 e. The molecule has 6 rings (SSSR count). The van der Waals surface area contributed by atoms with Crippen molar-refractivity contribution in [1.29, 1.82) is 0 Å². The van der Waals surface area contributed by atoms with Crippen molar-refractivity contribution in [3.8, 4) is 23.0 Å². The standard InChI is InChI=1S/C28H26N4O3/c1-16-5-7-18(8-6-16)25-30-26-24-22(17-9-11-19(34-4)12-10-17)23-20(33)13-28(2,3)14-21(23)35-27(24)29-15-32(26)31-25/h5-12,15,22H,13-14H2,1-4H3/t22-/m0/s1. The summed E-state index contributed by atoms with van der Waals surface area (Å²) in [7, 11) is 1.64. The number of hydrogen-bond donors (Lipinski definition) is 0. The van der Waals surface area contributed by atoms with Crippen LogP contribution in [-0.4, -0.2) is 32.5 Å². The van der Waals surface area contributed by atoms with E-state index in [1.54, 1.807) is 18.0 Å². The second-order valence-corrected chi connectivity index (χ2v) is 10.1. The van der Waals surface area contributed by atoms with Gasteiger partial charge in [-0.15, -0.1) is 5.10 Å². The monoisotopic (exact) mass is 466 g/mol. The number of carbonyl (C=O) groups excluding carboxylic acids is 1. The summed E-state index contributed by atoms with van der Waals surface area (Å²) < 4.78 is 13.4. The van der Waals surface area contributed by atoms with Crippen molar-refractivity contribution in [3.63, 3.8) is 0 Å². The first kappa shape index (κ1) is 21.5. The highest BCUT2D eigenvalue weighted by Gasteiger charge is 2.44. The van der Waals surface area contributed by atoms with E-state index in [1.807, 2.05) is 55.5 Å². The Morgan fingerprint density at radius 3 is 2.51 bits per heavy atom. The maximum atomic E-state index is 13.5. The number of methoxy groups -OCH3 is 1. The zero-order valence-corrected chi connectivity index (χ0v) is 20.2. The van der Waals surface area contributed by atoms with Crippen LogP contribution in [0.25, 0.3) is 17.0 Å². The number of Topliss-reactive ketones (excluding diaryl/α,β-unsaturated/α-hetero) is 1. The van der Waals surface area contributed by atoms with Crippen LogP contribution in [0, 0.1) is 12.3 Å². The fourth-order valence-corrected chi connectivity index (χ4v) is 5.10. The van der Waals surface area contributed by atoms with E-state index < -0.39 is 0 Å². The number of fused-ring (bicyclic) bond motifs is 3. The molecule has 2 aliphatic rings. The van der Waals surface area contributed by atoms with Crippen molar-refractivity contribution in [2.75, 3.05) is 7.11 Å². The van der Waals surface area contributed by atoms with Crippen LogP contribution in [0.2, 0.25) is 0 Å². The normalized spacial score (nSPS) is 18.7. The average molecular weight is 467 g/mol. The molecule has 1 atom stereocenters. The number of rotatable bonds is 3.